The van der Waals surface area contributed by atoms with Gasteiger partial charge in [0.05, 0.1) is 18.7 Å². The van der Waals surface area contributed by atoms with Crippen molar-refractivity contribution in [2.24, 2.45) is 5.92 Å². The number of carbonyl (C=O) groups is 2. The molecular weight excluding hydrogens is 378 g/mol. The van der Waals surface area contributed by atoms with Gasteiger partial charge in [0, 0.05) is 37.3 Å². The number of hydrogen-bond acceptors (Lipinski definition) is 4. The van der Waals surface area contributed by atoms with Crippen LogP contribution in [-0.2, 0) is 16.1 Å². The highest BCUT2D eigenvalue weighted by Gasteiger charge is 2.30. The lowest BCUT2D eigenvalue weighted by Gasteiger charge is -2.32. The summed E-state index contributed by atoms with van der Waals surface area (Å²) in [6.45, 7) is 2.00. The van der Waals surface area contributed by atoms with Gasteiger partial charge < -0.3 is 15.0 Å². The summed E-state index contributed by atoms with van der Waals surface area (Å²) in [7, 11) is 0. The van der Waals surface area contributed by atoms with Crippen LogP contribution in [0, 0.1) is 5.92 Å². The Morgan fingerprint density at radius 2 is 2.11 bits per heavy atom. The van der Waals surface area contributed by atoms with Crippen LogP contribution in [0.15, 0.2) is 48.8 Å². The van der Waals surface area contributed by atoms with E-state index in [2.05, 4.69) is 10.3 Å². The van der Waals surface area contributed by atoms with Crippen LogP contribution in [-0.4, -0.2) is 41.4 Å². The summed E-state index contributed by atoms with van der Waals surface area (Å²) in [6.07, 6.45) is 5.05. The van der Waals surface area contributed by atoms with E-state index < -0.39 is 0 Å². The number of nitrogens with zero attached hydrogens (tertiary/aromatic N) is 2. The maximum Gasteiger partial charge on any atom is 0.224 e. The van der Waals surface area contributed by atoms with Crippen LogP contribution in [0.3, 0.4) is 0 Å². The fourth-order valence-electron chi connectivity index (χ4n) is 3.14. The highest BCUT2D eigenvalue weighted by Crippen LogP contribution is 2.21. The number of hydrogen-bond donors (Lipinski definition) is 1. The van der Waals surface area contributed by atoms with Crippen LogP contribution in [0.5, 0.6) is 5.75 Å². The van der Waals surface area contributed by atoms with Crippen molar-refractivity contribution < 1.29 is 14.3 Å². The molecule has 7 heteroatoms. The molecule has 1 aliphatic rings. The van der Waals surface area contributed by atoms with E-state index in [0.29, 0.717) is 50.5 Å². The van der Waals surface area contributed by atoms with E-state index in [-0.39, 0.29) is 17.7 Å². The van der Waals surface area contributed by atoms with Crippen molar-refractivity contribution in [3.8, 4) is 5.75 Å². The Balaban J connectivity index is 1.40. The lowest BCUT2D eigenvalue weighted by molar-refractivity contribution is -0.138. The zero-order chi connectivity index (χ0) is 19.8. The normalized spacial score (nSPS) is 16.7. The Morgan fingerprint density at radius 1 is 1.29 bits per heavy atom. The molecule has 148 valence electrons. The minimum Gasteiger partial charge on any atom is -0.492 e. The predicted molar refractivity (Wildman–Crippen MR) is 107 cm³/mol. The summed E-state index contributed by atoms with van der Waals surface area (Å²) in [4.78, 5) is 30.4. The molecule has 0 radical (unpaired) electrons. The minimum atomic E-state index is -0.177. The average molecular weight is 402 g/mol. The molecule has 1 N–H and O–H groups in total. The molecule has 0 unspecified atom stereocenters. The highest BCUT2D eigenvalue weighted by atomic mass is 35.5. The molecule has 0 spiro atoms. The fraction of sp³-hybridized carbons (Fsp3) is 0.381. The van der Waals surface area contributed by atoms with Crippen LogP contribution in [0.2, 0.25) is 5.02 Å². The largest absolute Gasteiger partial charge is 0.492 e. The number of nitrogens with one attached hydrogen (secondary N) is 1. The Morgan fingerprint density at radius 3 is 2.86 bits per heavy atom. The third-order valence-corrected chi connectivity index (χ3v) is 4.93. The average Bonchev–Trinajstić information content (AvgIpc) is 2.71. The Hall–Kier alpha value is -2.60. The van der Waals surface area contributed by atoms with Crippen molar-refractivity contribution in [1.29, 1.82) is 0 Å². The summed E-state index contributed by atoms with van der Waals surface area (Å²) in [5, 5.41) is 3.62. The van der Waals surface area contributed by atoms with E-state index in [0.717, 1.165) is 11.3 Å². The van der Waals surface area contributed by atoms with E-state index in [9.17, 15) is 9.59 Å². The lowest BCUT2D eigenvalue weighted by atomic mass is 9.96. The zero-order valence-corrected chi connectivity index (χ0v) is 16.4. The number of likely N-dealkylation sites (tertiary alicyclic amines) is 1. The number of pyridine rings is 1. The van der Waals surface area contributed by atoms with E-state index in [1.165, 1.54) is 0 Å². The quantitative estimate of drug-likeness (QED) is 0.690. The minimum absolute atomic E-state index is 0.00464. The van der Waals surface area contributed by atoms with Gasteiger partial charge in [-0.3, -0.25) is 14.6 Å². The molecular formula is C21H24ClN3O3. The van der Waals surface area contributed by atoms with Gasteiger partial charge in [0.25, 0.3) is 0 Å². The van der Waals surface area contributed by atoms with Gasteiger partial charge in [-0.05, 0) is 42.7 Å². The van der Waals surface area contributed by atoms with Crippen molar-refractivity contribution in [2.45, 2.75) is 25.8 Å². The van der Waals surface area contributed by atoms with Crippen molar-refractivity contribution in [3.63, 3.8) is 0 Å². The molecule has 1 saturated heterocycles. The van der Waals surface area contributed by atoms with Crippen LogP contribution < -0.4 is 10.1 Å². The number of rotatable bonds is 8. The first-order valence-corrected chi connectivity index (χ1v) is 9.82. The van der Waals surface area contributed by atoms with Crippen LogP contribution in [0.1, 0.15) is 24.8 Å². The Kier molecular flexibility index (Phi) is 7.25. The third-order valence-electron chi connectivity index (χ3n) is 4.68. The first-order valence-electron chi connectivity index (χ1n) is 9.44. The van der Waals surface area contributed by atoms with Crippen molar-refractivity contribution in [1.82, 2.24) is 15.2 Å². The van der Waals surface area contributed by atoms with Crippen molar-refractivity contribution in [2.75, 3.05) is 19.7 Å². The summed E-state index contributed by atoms with van der Waals surface area (Å²) in [5.41, 5.74) is 1.01. The second-order valence-electron chi connectivity index (χ2n) is 6.82. The standard InChI is InChI=1S/C21H24ClN3O3/c22-18-7-4-16(5-8-18)14-25-15-17(6-9-20(25)26)21(27)24-11-2-12-28-19-3-1-10-23-13-19/h1,3-5,7-8,10,13,17H,2,6,9,11-12,14-15H2,(H,24,27)/t17-/m0/s1. The number of carbonyl (C=O) groups excluding carboxylic acids is 2. The maximum absolute atomic E-state index is 12.5. The van der Waals surface area contributed by atoms with Crippen LogP contribution in [0.25, 0.3) is 0 Å². The second kappa shape index (κ2) is 10.1. The van der Waals surface area contributed by atoms with Crippen molar-refractivity contribution in [3.05, 3.63) is 59.4 Å². The molecule has 6 nitrogen and oxygen atoms in total. The first-order chi connectivity index (χ1) is 13.6. The molecule has 0 saturated carbocycles. The number of ether oxygens (including phenoxy) is 1. The molecule has 2 amide bonds. The van der Waals surface area contributed by atoms with Gasteiger partial charge in [-0.15, -0.1) is 0 Å². The second-order valence-corrected chi connectivity index (χ2v) is 7.25. The fourth-order valence-corrected chi connectivity index (χ4v) is 3.27. The summed E-state index contributed by atoms with van der Waals surface area (Å²) in [6, 6.07) is 11.1. The third kappa shape index (κ3) is 5.96. The molecule has 0 bridgehead atoms. The molecule has 1 atom stereocenters. The van der Waals surface area contributed by atoms with Gasteiger partial charge >= 0.3 is 0 Å². The molecule has 1 aromatic carbocycles. The van der Waals surface area contributed by atoms with E-state index in [1.807, 2.05) is 36.4 Å². The summed E-state index contributed by atoms with van der Waals surface area (Å²) in [5.74, 6) is 0.626. The zero-order valence-electron chi connectivity index (χ0n) is 15.6. The number of amides is 2. The SMILES string of the molecule is O=C(NCCCOc1cccnc1)[C@H]1CCC(=O)N(Cc2ccc(Cl)cc2)C1. The predicted octanol–water partition coefficient (Wildman–Crippen LogP) is 3.06. The van der Waals surface area contributed by atoms with E-state index in [4.69, 9.17) is 16.3 Å². The molecule has 3 rings (SSSR count). The summed E-state index contributed by atoms with van der Waals surface area (Å²) >= 11 is 5.91. The van der Waals surface area contributed by atoms with Gasteiger partial charge in [0.1, 0.15) is 5.75 Å². The molecule has 1 aromatic heterocycles. The van der Waals surface area contributed by atoms with Gasteiger partial charge in [-0.2, -0.15) is 0 Å². The molecule has 2 heterocycles. The van der Waals surface area contributed by atoms with Crippen LogP contribution in [0.4, 0.5) is 0 Å². The molecule has 0 aliphatic carbocycles. The Bertz CT molecular complexity index is 783. The Labute approximate surface area is 169 Å². The summed E-state index contributed by atoms with van der Waals surface area (Å²) < 4.78 is 5.56. The smallest absolute Gasteiger partial charge is 0.224 e. The molecule has 2 aromatic rings. The molecule has 1 fully saturated rings. The van der Waals surface area contributed by atoms with E-state index >= 15 is 0 Å². The monoisotopic (exact) mass is 401 g/mol. The number of aromatic nitrogens is 1. The van der Waals surface area contributed by atoms with Crippen molar-refractivity contribution >= 4 is 23.4 Å². The topological polar surface area (TPSA) is 71.5 Å². The first kappa shape index (κ1) is 20.1. The number of halogens is 1. The number of piperidine rings is 1. The lowest BCUT2D eigenvalue weighted by Crippen LogP contribution is -2.45. The van der Waals surface area contributed by atoms with Gasteiger partial charge in [0.2, 0.25) is 11.8 Å². The molecule has 28 heavy (non-hydrogen) atoms. The molecule has 1 aliphatic heterocycles. The highest BCUT2D eigenvalue weighted by molar-refractivity contribution is 6.30. The van der Waals surface area contributed by atoms with Gasteiger partial charge in [-0.1, -0.05) is 23.7 Å². The number of benzene rings is 1. The van der Waals surface area contributed by atoms with Gasteiger partial charge in [0.15, 0.2) is 0 Å². The maximum atomic E-state index is 12.5. The van der Waals surface area contributed by atoms with Crippen LogP contribution >= 0.6 is 11.6 Å². The van der Waals surface area contributed by atoms with E-state index in [1.54, 1.807) is 17.3 Å². The van der Waals surface area contributed by atoms with Gasteiger partial charge in [-0.25, -0.2) is 0 Å².